The van der Waals surface area contributed by atoms with Crippen LogP contribution in [0.1, 0.15) is 16.2 Å². The topological polar surface area (TPSA) is 86.9 Å². The van der Waals surface area contributed by atoms with E-state index >= 15 is 0 Å². The lowest BCUT2D eigenvalue weighted by molar-refractivity contribution is 0.0745. The van der Waals surface area contributed by atoms with Crippen LogP contribution in [-0.4, -0.2) is 48.8 Å². The molecule has 0 fully saturated rings. The second kappa shape index (κ2) is 9.60. The molecule has 1 amide bonds. The van der Waals surface area contributed by atoms with Gasteiger partial charge in [0, 0.05) is 17.7 Å². The van der Waals surface area contributed by atoms with E-state index in [0.717, 1.165) is 0 Å². The number of hydrogen-bond donors (Lipinski definition) is 0. The Morgan fingerprint density at radius 2 is 1.90 bits per heavy atom. The standard InChI is InChI=1S/C22H23N3O5/c1-5-11-25(22(26)16-7-6-8-17(12-16)27-2)14-20-23-21(24-30-20)15-9-10-18(28-3)19(13-15)29-4/h5-10,12-13H,1,11,14H2,2-4H3. The molecule has 0 N–H and O–H groups in total. The second-order valence-electron chi connectivity index (χ2n) is 6.29. The van der Waals surface area contributed by atoms with E-state index in [1.165, 1.54) is 0 Å². The average Bonchev–Trinajstić information content (AvgIpc) is 3.26. The minimum absolute atomic E-state index is 0.141. The molecule has 0 bridgehead atoms. The van der Waals surface area contributed by atoms with Crippen LogP contribution >= 0.6 is 0 Å². The molecule has 0 saturated heterocycles. The van der Waals surface area contributed by atoms with E-state index in [2.05, 4.69) is 16.7 Å². The second-order valence-corrected chi connectivity index (χ2v) is 6.29. The van der Waals surface area contributed by atoms with Crippen LogP contribution in [0.5, 0.6) is 17.2 Å². The number of carbonyl (C=O) groups excluding carboxylic acids is 1. The smallest absolute Gasteiger partial charge is 0.254 e. The van der Waals surface area contributed by atoms with Crippen LogP contribution in [0.2, 0.25) is 0 Å². The van der Waals surface area contributed by atoms with Crippen LogP contribution in [0, 0.1) is 0 Å². The van der Waals surface area contributed by atoms with Crippen LogP contribution in [0.15, 0.2) is 59.6 Å². The van der Waals surface area contributed by atoms with Crippen LogP contribution in [0.3, 0.4) is 0 Å². The Morgan fingerprint density at radius 1 is 1.10 bits per heavy atom. The van der Waals surface area contributed by atoms with Gasteiger partial charge >= 0.3 is 0 Å². The summed E-state index contributed by atoms with van der Waals surface area (Å²) >= 11 is 0. The number of aromatic nitrogens is 2. The molecule has 0 unspecified atom stereocenters. The average molecular weight is 409 g/mol. The lowest BCUT2D eigenvalue weighted by Gasteiger charge is -2.19. The molecule has 0 radical (unpaired) electrons. The molecule has 0 aliphatic carbocycles. The summed E-state index contributed by atoms with van der Waals surface area (Å²) in [7, 11) is 4.68. The summed E-state index contributed by atoms with van der Waals surface area (Å²) in [4.78, 5) is 18.9. The fourth-order valence-corrected chi connectivity index (χ4v) is 2.89. The van der Waals surface area contributed by atoms with Gasteiger partial charge in [0.25, 0.3) is 5.91 Å². The first-order valence-electron chi connectivity index (χ1n) is 9.18. The fraction of sp³-hybridized carbons (Fsp3) is 0.227. The minimum atomic E-state index is -0.195. The van der Waals surface area contributed by atoms with Crippen molar-refractivity contribution < 1.29 is 23.5 Å². The first-order chi connectivity index (χ1) is 14.6. The zero-order chi connectivity index (χ0) is 21.5. The summed E-state index contributed by atoms with van der Waals surface area (Å²) in [6.07, 6.45) is 1.64. The third kappa shape index (κ3) is 4.60. The lowest BCUT2D eigenvalue weighted by Crippen LogP contribution is -2.30. The Bertz CT molecular complexity index is 1030. The summed E-state index contributed by atoms with van der Waals surface area (Å²) in [5, 5.41) is 4.02. The zero-order valence-corrected chi connectivity index (χ0v) is 17.1. The van der Waals surface area contributed by atoms with E-state index in [9.17, 15) is 4.79 Å². The van der Waals surface area contributed by atoms with Gasteiger partial charge in [-0.1, -0.05) is 17.3 Å². The Morgan fingerprint density at radius 3 is 2.60 bits per heavy atom. The van der Waals surface area contributed by atoms with Gasteiger partial charge in [-0.05, 0) is 36.4 Å². The quantitative estimate of drug-likeness (QED) is 0.499. The number of rotatable bonds is 9. The van der Waals surface area contributed by atoms with Crippen molar-refractivity contribution in [2.45, 2.75) is 6.54 Å². The van der Waals surface area contributed by atoms with Crippen LogP contribution in [-0.2, 0) is 6.54 Å². The van der Waals surface area contributed by atoms with E-state index in [-0.39, 0.29) is 12.5 Å². The van der Waals surface area contributed by atoms with Gasteiger partial charge in [0.05, 0.1) is 21.3 Å². The van der Waals surface area contributed by atoms with E-state index in [4.69, 9.17) is 18.7 Å². The van der Waals surface area contributed by atoms with Crippen molar-refractivity contribution in [1.82, 2.24) is 15.0 Å². The Labute approximate surface area is 174 Å². The molecule has 0 atom stereocenters. The summed E-state index contributed by atoms with van der Waals surface area (Å²) in [6, 6.07) is 12.3. The van der Waals surface area contributed by atoms with Crippen molar-refractivity contribution in [3.63, 3.8) is 0 Å². The molecule has 0 aliphatic rings. The molecule has 8 heteroatoms. The normalized spacial score (nSPS) is 10.4. The molecule has 1 heterocycles. The Balaban J connectivity index is 1.81. The van der Waals surface area contributed by atoms with Gasteiger partial charge in [-0.2, -0.15) is 4.98 Å². The molecule has 2 aromatic carbocycles. The molecule has 0 saturated carbocycles. The third-order valence-electron chi connectivity index (χ3n) is 4.39. The molecule has 1 aromatic heterocycles. The highest BCUT2D eigenvalue weighted by Crippen LogP contribution is 2.31. The Kier molecular flexibility index (Phi) is 6.69. The van der Waals surface area contributed by atoms with E-state index in [1.54, 1.807) is 74.8 Å². The number of nitrogens with zero attached hydrogens (tertiary/aromatic N) is 3. The molecule has 3 rings (SSSR count). The summed E-state index contributed by atoms with van der Waals surface area (Å²) in [5.41, 5.74) is 1.20. The third-order valence-corrected chi connectivity index (χ3v) is 4.39. The minimum Gasteiger partial charge on any atom is -0.497 e. The lowest BCUT2D eigenvalue weighted by atomic mass is 10.2. The monoisotopic (exact) mass is 409 g/mol. The molecule has 30 heavy (non-hydrogen) atoms. The Hall–Kier alpha value is -3.81. The van der Waals surface area contributed by atoms with Crippen molar-refractivity contribution in [3.8, 4) is 28.6 Å². The van der Waals surface area contributed by atoms with Gasteiger partial charge in [-0.25, -0.2) is 0 Å². The van der Waals surface area contributed by atoms with Gasteiger partial charge in [0.2, 0.25) is 11.7 Å². The highest BCUT2D eigenvalue weighted by molar-refractivity contribution is 5.94. The maximum atomic E-state index is 12.9. The van der Waals surface area contributed by atoms with E-state index < -0.39 is 0 Å². The van der Waals surface area contributed by atoms with Gasteiger partial charge in [-0.3, -0.25) is 4.79 Å². The largest absolute Gasteiger partial charge is 0.497 e. The summed E-state index contributed by atoms with van der Waals surface area (Å²) in [5.74, 6) is 2.26. The van der Waals surface area contributed by atoms with Crippen LogP contribution in [0.4, 0.5) is 0 Å². The van der Waals surface area contributed by atoms with Gasteiger partial charge in [0.15, 0.2) is 11.5 Å². The first-order valence-corrected chi connectivity index (χ1v) is 9.18. The highest BCUT2D eigenvalue weighted by atomic mass is 16.5. The predicted octanol–water partition coefficient (Wildman–Crippen LogP) is 3.59. The molecule has 8 nitrogen and oxygen atoms in total. The number of amides is 1. The van der Waals surface area contributed by atoms with Crippen molar-refractivity contribution in [1.29, 1.82) is 0 Å². The summed E-state index contributed by atoms with van der Waals surface area (Å²) in [6.45, 7) is 4.19. The number of hydrogen-bond acceptors (Lipinski definition) is 7. The van der Waals surface area contributed by atoms with Crippen molar-refractivity contribution in [2.75, 3.05) is 27.9 Å². The van der Waals surface area contributed by atoms with Crippen molar-refractivity contribution >= 4 is 5.91 Å². The SMILES string of the molecule is C=CCN(Cc1nc(-c2ccc(OC)c(OC)c2)no1)C(=O)c1cccc(OC)c1. The predicted molar refractivity (Wildman–Crippen MR) is 111 cm³/mol. The number of methoxy groups -OCH3 is 3. The van der Waals surface area contributed by atoms with E-state index in [0.29, 0.717) is 46.6 Å². The maximum absolute atomic E-state index is 12.9. The highest BCUT2D eigenvalue weighted by Gasteiger charge is 2.19. The van der Waals surface area contributed by atoms with Crippen molar-refractivity contribution in [3.05, 3.63) is 66.6 Å². The molecule has 0 spiro atoms. The molecular weight excluding hydrogens is 386 g/mol. The number of ether oxygens (including phenoxy) is 3. The molecule has 0 aliphatic heterocycles. The maximum Gasteiger partial charge on any atom is 0.254 e. The van der Waals surface area contributed by atoms with Crippen molar-refractivity contribution in [2.24, 2.45) is 0 Å². The molecule has 156 valence electrons. The van der Waals surface area contributed by atoms with Gasteiger partial charge < -0.3 is 23.6 Å². The van der Waals surface area contributed by atoms with Gasteiger partial charge in [0.1, 0.15) is 12.3 Å². The van der Waals surface area contributed by atoms with Crippen LogP contribution in [0.25, 0.3) is 11.4 Å². The molecular formula is C22H23N3O5. The zero-order valence-electron chi connectivity index (χ0n) is 17.1. The number of carbonyl (C=O) groups is 1. The number of benzene rings is 2. The summed E-state index contributed by atoms with van der Waals surface area (Å²) < 4.78 is 21.1. The first kappa shape index (κ1) is 20.9. The van der Waals surface area contributed by atoms with Gasteiger partial charge in [-0.15, -0.1) is 6.58 Å². The van der Waals surface area contributed by atoms with Crippen LogP contribution < -0.4 is 14.2 Å². The van der Waals surface area contributed by atoms with E-state index in [1.807, 2.05) is 0 Å². The molecule has 3 aromatic rings. The fourth-order valence-electron chi connectivity index (χ4n) is 2.89.